The van der Waals surface area contributed by atoms with Gasteiger partial charge in [0.1, 0.15) is 23.9 Å². The number of primary amides is 1. The fraction of sp³-hybridized carbons (Fsp3) is 0.393. The van der Waals surface area contributed by atoms with Gasteiger partial charge in [-0.15, -0.1) is 0 Å². The molecule has 1 aliphatic rings. The summed E-state index contributed by atoms with van der Waals surface area (Å²) in [6.45, 7) is 5.11. The predicted molar refractivity (Wildman–Crippen MR) is 143 cm³/mol. The Morgan fingerprint density at radius 2 is 1.45 bits per heavy atom. The highest BCUT2D eigenvalue weighted by atomic mass is 16.6. The summed E-state index contributed by atoms with van der Waals surface area (Å²) in [5.74, 6) is -3.36. The Bertz CT molecular complexity index is 1230. The first-order valence-corrected chi connectivity index (χ1v) is 12.8. The maximum atomic E-state index is 13.2. The molecule has 0 unspecified atom stereocenters. The van der Waals surface area contributed by atoms with Gasteiger partial charge in [-0.3, -0.25) is 19.2 Å². The number of hydrogen-bond acceptors (Lipinski definition) is 8. The smallest absolute Gasteiger partial charge is 0.338 e. The molecule has 0 bridgehead atoms. The summed E-state index contributed by atoms with van der Waals surface area (Å²) < 4.78 is 10.0. The van der Waals surface area contributed by atoms with Crippen molar-refractivity contribution < 1.29 is 38.6 Å². The number of hydrogen-bond donors (Lipinski definition) is 5. The monoisotopic (exact) mass is 554 g/mol. The molecule has 12 nitrogen and oxygen atoms in total. The number of ether oxygens (including phenoxy) is 2. The first-order chi connectivity index (χ1) is 19.0. The van der Waals surface area contributed by atoms with Crippen LogP contribution in [-0.4, -0.2) is 71.6 Å². The van der Waals surface area contributed by atoms with Gasteiger partial charge in [0.15, 0.2) is 12.2 Å². The van der Waals surface area contributed by atoms with Gasteiger partial charge in [0.2, 0.25) is 17.7 Å². The number of aryl methyl sites for hydroxylation is 1. The van der Waals surface area contributed by atoms with E-state index in [-0.39, 0.29) is 25.2 Å². The number of rotatable bonds is 13. The average Bonchev–Trinajstić information content (AvgIpc) is 3.72. The van der Waals surface area contributed by atoms with Crippen LogP contribution in [0.2, 0.25) is 0 Å². The van der Waals surface area contributed by atoms with E-state index in [4.69, 9.17) is 15.2 Å². The van der Waals surface area contributed by atoms with Gasteiger partial charge in [0, 0.05) is 12.8 Å². The highest BCUT2D eigenvalue weighted by Crippen LogP contribution is 2.24. The quantitative estimate of drug-likeness (QED) is 0.166. The predicted octanol–water partition coefficient (Wildman–Crippen LogP) is -0.224. The van der Waals surface area contributed by atoms with Crippen LogP contribution in [-0.2, 0) is 46.3 Å². The van der Waals surface area contributed by atoms with Gasteiger partial charge >= 0.3 is 5.97 Å². The number of benzene rings is 2. The lowest BCUT2D eigenvalue weighted by molar-refractivity contribution is -0.144. The molecule has 1 heterocycles. The van der Waals surface area contributed by atoms with Crippen molar-refractivity contribution in [2.45, 2.75) is 63.9 Å². The standard InChI is InChI=1S/C28H34N4O8/c1-4-39-28(38)23-22(40-23)27(37)32-21(14-17-7-5-15(2)6-8-17)26(36)30-16(3)25(35)31-20(24(29)34)13-18-9-11-19(33)12-10-18/h5-12,16,20-23,33H,4,13-14H2,1-3H3,(H2,29,34)(H,30,36)(H,31,35)(H,32,37)/t16-,20+,21+,22+,23+/m1/s1. The minimum Gasteiger partial charge on any atom is -0.508 e. The third-order valence-electron chi connectivity index (χ3n) is 6.25. The number of nitrogens with two attached hydrogens (primary N) is 1. The van der Waals surface area contributed by atoms with Crippen LogP contribution in [0.25, 0.3) is 0 Å². The van der Waals surface area contributed by atoms with Crippen molar-refractivity contribution in [3.8, 4) is 5.75 Å². The van der Waals surface area contributed by atoms with Crippen molar-refractivity contribution in [1.82, 2.24) is 16.0 Å². The molecule has 40 heavy (non-hydrogen) atoms. The van der Waals surface area contributed by atoms with Gasteiger partial charge in [-0.2, -0.15) is 0 Å². The molecule has 1 fully saturated rings. The number of esters is 1. The highest BCUT2D eigenvalue weighted by molar-refractivity contribution is 5.97. The number of epoxide rings is 1. The zero-order chi connectivity index (χ0) is 29.4. The van der Waals surface area contributed by atoms with E-state index in [1.807, 2.05) is 31.2 Å². The SMILES string of the molecule is CCOC(=O)[C@H]1O[C@@H]1C(=O)N[C@@H](Cc1ccc(C)cc1)C(=O)N[C@H](C)C(=O)N[C@@H](Cc1ccc(O)cc1)C(N)=O. The summed E-state index contributed by atoms with van der Waals surface area (Å²) in [7, 11) is 0. The van der Waals surface area contributed by atoms with Crippen molar-refractivity contribution in [2.75, 3.05) is 6.61 Å². The van der Waals surface area contributed by atoms with Crippen LogP contribution in [0, 0.1) is 6.92 Å². The van der Waals surface area contributed by atoms with Crippen LogP contribution < -0.4 is 21.7 Å². The van der Waals surface area contributed by atoms with E-state index in [0.717, 1.165) is 11.1 Å². The molecular formula is C28H34N4O8. The molecule has 0 aliphatic carbocycles. The maximum Gasteiger partial charge on any atom is 0.338 e. The van der Waals surface area contributed by atoms with Crippen molar-refractivity contribution in [1.29, 1.82) is 0 Å². The third-order valence-corrected chi connectivity index (χ3v) is 6.25. The molecule has 3 rings (SSSR count). The minimum atomic E-state index is -1.10. The molecule has 1 saturated heterocycles. The van der Waals surface area contributed by atoms with Crippen molar-refractivity contribution >= 4 is 29.6 Å². The average molecular weight is 555 g/mol. The van der Waals surface area contributed by atoms with E-state index in [1.54, 1.807) is 19.1 Å². The number of aromatic hydroxyl groups is 1. The van der Waals surface area contributed by atoms with E-state index >= 15 is 0 Å². The van der Waals surface area contributed by atoms with Gasteiger partial charge in [-0.25, -0.2) is 4.79 Å². The second-order valence-corrected chi connectivity index (χ2v) is 9.54. The Balaban J connectivity index is 1.65. The number of carbonyl (C=O) groups is 5. The van der Waals surface area contributed by atoms with Crippen molar-refractivity contribution in [2.24, 2.45) is 5.73 Å². The van der Waals surface area contributed by atoms with Crippen molar-refractivity contribution in [3.63, 3.8) is 0 Å². The Hall–Kier alpha value is -4.45. The fourth-order valence-electron chi connectivity index (χ4n) is 3.91. The molecule has 12 heteroatoms. The molecule has 4 amide bonds. The third kappa shape index (κ3) is 8.53. The highest BCUT2D eigenvalue weighted by Gasteiger charge is 2.52. The largest absolute Gasteiger partial charge is 0.508 e. The molecule has 2 aromatic carbocycles. The zero-order valence-electron chi connectivity index (χ0n) is 22.5. The first kappa shape index (κ1) is 30.1. The van der Waals surface area contributed by atoms with E-state index in [1.165, 1.54) is 19.1 Å². The Morgan fingerprint density at radius 3 is 2.02 bits per heavy atom. The molecule has 1 aliphatic heterocycles. The summed E-state index contributed by atoms with van der Waals surface area (Å²) in [5.41, 5.74) is 7.89. The molecule has 0 radical (unpaired) electrons. The lowest BCUT2D eigenvalue weighted by atomic mass is 10.0. The van der Waals surface area contributed by atoms with Gasteiger partial charge in [0.05, 0.1) is 6.61 Å². The summed E-state index contributed by atoms with van der Waals surface area (Å²) in [5, 5.41) is 17.1. The molecule has 214 valence electrons. The molecule has 5 atom stereocenters. The fourth-order valence-corrected chi connectivity index (χ4v) is 3.91. The number of nitrogens with one attached hydrogen (secondary N) is 3. The second-order valence-electron chi connectivity index (χ2n) is 9.54. The Morgan fingerprint density at radius 1 is 0.875 bits per heavy atom. The minimum absolute atomic E-state index is 0.0525. The molecule has 0 saturated carbocycles. The Labute approximate surface area is 231 Å². The van der Waals surface area contributed by atoms with Crippen LogP contribution in [0.5, 0.6) is 5.75 Å². The van der Waals surface area contributed by atoms with Gasteiger partial charge in [0.25, 0.3) is 5.91 Å². The summed E-state index contributed by atoms with van der Waals surface area (Å²) in [6.07, 6.45) is -1.93. The lowest BCUT2D eigenvalue weighted by Crippen LogP contribution is -2.56. The van der Waals surface area contributed by atoms with Gasteiger partial charge in [-0.1, -0.05) is 42.0 Å². The Kier molecular flexibility index (Phi) is 10.2. The zero-order valence-corrected chi connectivity index (χ0v) is 22.5. The second kappa shape index (κ2) is 13.6. The normalized spacial score (nSPS) is 18.0. The van der Waals surface area contributed by atoms with E-state index in [2.05, 4.69) is 16.0 Å². The number of phenols is 1. The summed E-state index contributed by atoms with van der Waals surface area (Å²) in [4.78, 5) is 62.6. The van der Waals surface area contributed by atoms with Crippen LogP contribution in [0.4, 0.5) is 0 Å². The molecule has 0 spiro atoms. The van der Waals surface area contributed by atoms with E-state index < -0.39 is 59.9 Å². The van der Waals surface area contributed by atoms with Crippen LogP contribution in [0.15, 0.2) is 48.5 Å². The van der Waals surface area contributed by atoms with E-state index in [0.29, 0.717) is 5.56 Å². The van der Waals surface area contributed by atoms with Crippen LogP contribution >= 0.6 is 0 Å². The maximum absolute atomic E-state index is 13.2. The number of phenolic OH excluding ortho intramolecular Hbond substituents is 1. The molecular weight excluding hydrogens is 520 g/mol. The number of carbonyl (C=O) groups excluding carboxylic acids is 5. The summed E-state index contributed by atoms with van der Waals surface area (Å²) >= 11 is 0. The van der Waals surface area contributed by atoms with E-state index in [9.17, 15) is 29.1 Å². The van der Waals surface area contributed by atoms with Gasteiger partial charge < -0.3 is 36.3 Å². The molecule has 6 N–H and O–H groups in total. The topological polar surface area (TPSA) is 189 Å². The van der Waals surface area contributed by atoms with Crippen LogP contribution in [0.1, 0.15) is 30.5 Å². The van der Waals surface area contributed by atoms with Gasteiger partial charge in [-0.05, 0) is 44.0 Å². The molecule has 2 aromatic rings. The molecule has 0 aromatic heterocycles. The van der Waals surface area contributed by atoms with Crippen molar-refractivity contribution in [3.05, 3.63) is 65.2 Å². The summed E-state index contributed by atoms with van der Waals surface area (Å²) in [6, 6.07) is 10.2. The number of amides is 4. The lowest BCUT2D eigenvalue weighted by Gasteiger charge is -2.23. The van der Waals surface area contributed by atoms with Crippen LogP contribution in [0.3, 0.4) is 0 Å². The first-order valence-electron chi connectivity index (χ1n) is 12.8.